The highest BCUT2D eigenvalue weighted by Gasteiger charge is 2.38. The summed E-state index contributed by atoms with van der Waals surface area (Å²) in [5.74, 6) is -0.199. The van der Waals surface area contributed by atoms with Crippen molar-refractivity contribution in [3.63, 3.8) is 0 Å². The summed E-state index contributed by atoms with van der Waals surface area (Å²) in [4.78, 5) is 24.8. The lowest BCUT2D eigenvalue weighted by atomic mass is 9.95. The number of benzene rings is 1. The Kier molecular flexibility index (Phi) is 4.92. The Morgan fingerprint density at radius 1 is 1.21 bits per heavy atom. The fourth-order valence-electron chi connectivity index (χ4n) is 2.71. The van der Waals surface area contributed by atoms with Gasteiger partial charge in [0.25, 0.3) is 0 Å². The zero-order chi connectivity index (χ0) is 18.1. The number of rotatable bonds is 2. The minimum Gasteiger partial charge on any atom is -0.444 e. The van der Waals surface area contributed by atoms with Gasteiger partial charge < -0.3 is 9.53 Å². The lowest BCUT2D eigenvalue weighted by Crippen LogP contribution is -2.40. The molecule has 1 aliphatic rings. The molecular formula is C17H20F3NO3. The van der Waals surface area contributed by atoms with E-state index in [9.17, 15) is 22.8 Å². The number of carbonyl (C=O) groups excluding carboxylic acids is 2. The summed E-state index contributed by atoms with van der Waals surface area (Å²) >= 11 is 0. The van der Waals surface area contributed by atoms with Gasteiger partial charge in [-0.05, 0) is 44.9 Å². The number of ether oxygens (including phenoxy) is 1. The Balaban J connectivity index is 2.13. The number of amides is 1. The number of hydrogen-bond acceptors (Lipinski definition) is 3. The highest BCUT2D eigenvalue weighted by atomic mass is 19.4. The van der Waals surface area contributed by atoms with Gasteiger partial charge in [0.15, 0.2) is 0 Å². The van der Waals surface area contributed by atoms with Crippen molar-refractivity contribution in [3.8, 4) is 0 Å². The summed E-state index contributed by atoms with van der Waals surface area (Å²) in [6, 6.07) is 4.19. The van der Waals surface area contributed by atoms with E-state index in [4.69, 9.17) is 4.74 Å². The summed E-state index contributed by atoms with van der Waals surface area (Å²) in [6.45, 7) is 5.42. The average Bonchev–Trinajstić information content (AvgIpc) is 2.89. The first-order valence-corrected chi connectivity index (χ1v) is 7.63. The molecule has 1 heterocycles. The second kappa shape index (κ2) is 6.45. The number of aldehydes is 1. The van der Waals surface area contributed by atoms with E-state index < -0.39 is 29.5 Å². The Hall–Kier alpha value is -2.05. The van der Waals surface area contributed by atoms with E-state index in [1.54, 1.807) is 20.8 Å². The van der Waals surface area contributed by atoms with Crippen LogP contribution in [-0.2, 0) is 15.7 Å². The van der Waals surface area contributed by atoms with Crippen molar-refractivity contribution in [2.45, 2.75) is 50.9 Å². The van der Waals surface area contributed by atoms with E-state index in [1.807, 2.05) is 0 Å². The molecule has 1 aromatic carbocycles. The molecule has 0 saturated carbocycles. The minimum atomic E-state index is -4.39. The number of alkyl halides is 3. The van der Waals surface area contributed by atoms with Crippen molar-refractivity contribution < 1.29 is 27.5 Å². The van der Waals surface area contributed by atoms with Gasteiger partial charge in [-0.1, -0.05) is 12.1 Å². The Morgan fingerprint density at radius 3 is 2.25 bits per heavy atom. The molecule has 1 aromatic rings. The molecule has 2 atom stereocenters. The zero-order valence-electron chi connectivity index (χ0n) is 13.8. The third-order valence-electron chi connectivity index (χ3n) is 3.84. The van der Waals surface area contributed by atoms with Crippen LogP contribution in [0.25, 0.3) is 0 Å². The van der Waals surface area contributed by atoms with Crippen LogP contribution in [-0.4, -0.2) is 35.5 Å². The van der Waals surface area contributed by atoms with Crippen LogP contribution < -0.4 is 0 Å². The van der Waals surface area contributed by atoms with Crippen LogP contribution in [0.3, 0.4) is 0 Å². The van der Waals surface area contributed by atoms with Gasteiger partial charge >= 0.3 is 12.3 Å². The summed E-state index contributed by atoms with van der Waals surface area (Å²) in [5.41, 5.74) is -0.738. The molecule has 1 fully saturated rings. The quantitative estimate of drug-likeness (QED) is 0.763. The van der Waals surface area contributed by atoms with Crippen LogP contribution in [0.2, 0.25) is 0 Å². The molecule has 7 heteroatoms. The van der Waals surface area contributed by atoms with Gasteiger partial charge in [0, 0.05) is 12.5 Å². The van der Waals surface area contributed by atoms with Gasteiger partial charge in [0.2, 0.25) is 0 Å². The smallest absolute Gasteiger partial charge is 0.416 e. The molecule has 0 spiro atoms. The Morgan fingerprint density at radius 2 is 1.79 bits per heavy atom. The monoisotopic (exact) mass is 343 g/mol. The van der Waals surface area contributed by atoms with Crippen LogP contribution in [0.4, 0.5) is 18.0 Å². The van der Waals surface area contributed by atoms with Gasteiger partial charge in [0.05, 0.1) is 11.6 Å². The van der Waals surface area contributed by atoms with Crippen LogP contribution in [0, 0.1) is 0 Å². The summed E-state index contributed by atoms with van der Waals surface area (Å²) in [5, 5.41) is 0. The van der Waals surface area contributed by atoms with Crippen LogP contribution >= 0.6 is 0 Å². The van der Waals surface area contributed by atoms with E-state index in [2.05, 4.69) is 0 Å². The third kappa shape index (κ3) is 4.27. The first-order chi connectivity index (χ1) is 11.0. The second-order valence-corrected chi connectivity index (χ2v) is 6.89. The van der Waals surface area contributed by atoms with Gasteiger partial charge in [-0.15, -0.1) is 0 Å². The fourth-order valence-corrected chi connectivity index (χ4v) is 2.71. The van der Waals surface area contributed by atoms with Crippen molar-refractivity contribution in [2.24, 2.45) is 0 Å². The van der Waals surface area contributed by atoms with Crippen LogP contribution in [0.5, 0.6) is 0 Å². The van der Waals surface area contributed by atoms with Crippen molar-refractivity contribution in [3.05, 3.63) is 35.4 Å². The molecule has 1 saturated heterocycles. The second-order valence-electron chi connectivity index (χ2n) is 6.89. The summed E-state index contributed by atoms with van der Waals surface area (Å²) in [6.07, 6.45) is -3.93. The number of nitrogens with zero attached hydrogens (tertiary/aromatic N) is 1. The average molecular weight is 343 g/mol. The molecule has 24 heavy (non-hydrogen) atoms. The number of likely N-dealkylation sites (tertiary alicyclic amines) is 1. The van der Waals surface area contributed by atoms with Gasteiger partial charge in [-0.2, -0.15) is 13.2 Å². The molecule has 132 valence electrons. The molecule has 2 rings (SSSR count). The summed E-state index contributed by atoms with van der Waals surface area (Å²) < 4.78 is 43.2. The molecule has 0 unspecified atom stereocenters. The highest BCUT2D eigenvalue weighted by molar-refractivity contribution is 5.75. The first kappa shape index (κ1) is 18.3. The van der Waals surface area contributed by atoms with E-state index in [-0.39, 0.29) is 12.5 Å². The lowest BCUT2D eigenvalue weighted by Gasteiger charge is -2.26. The topological polar surface area (TPSA) is 46.6 Å². The van der Waals surface area contributed by atoms with Gasteiger partial charge in [0.1, 0.15) is 11.9 Å². The normalized spacial score (nSPS) is 21.7. The van der Waals surface area contributed by atoms with Crippen molar-refractivity contribution >= 4 is 12.4 Å². The predicted molar refractivity (Wildman–Crippen MR) is 81.6 cm³/mol. The first-order valence-electron chi connectivity index (χ1n) is 7.63. The largest absolute Gasteiger partial charge is 0.444 e. The molecule has 0 aliphatic carbocycles. The van der Waals surface area contributed by atoms with Crippen LogP contribution in [0.1, 0.15) is 44.2 Å². The number of carbonyl (C=O) groups is 2. The van der Waals surface area contributed by atoms with Crippen molar-refractivity contribution in [2.75, 3.05) is 6.54 Å². The Bertz CT molecular complexity index is 605. The van der Waals surface area contributed by atoms with Crippen molar-refractivity contribution in [1.29, 1.82) is 0 Å². The van der Waals surface area contributed by atoms with E-state index in [0.717, 1.165) is 12.1 Å². The molecule has 4 nitrogen and oxygen atoms in total. The molecular weight excluding hydrogens is 323 g/mol. The standard InChI is InChI=1S/C17H20F3NO3/c1-16(2,3)24-15(23)21-9-12(8-14(21)10-22)11-4-6-13(7-5-11)17(18,19)20/h4-7,10,12,14H,8-9H2,1-3H3/t12-,14+/m0/s1. The number of halogens is 3. The maximum atomic E-state index is 12.6. The van der Waals surface area contributed by atoms with Crippen molar-refractivity contribution in [1.82, 2.24) is 4.90 Å². The van der Waals surface area contributed by atoms with E-state index >= 15 is 0 Å². The van der Waals surface area contributed by atoms with Gasteiger partial charge in [-0.3, -0.25) is 4.90 Å². The fraction of sp³-hybridized carbons (Fsp3) is 0.529. The molecule has 1 aliphatic heterocycles. The maximum Gasteiger partial charge on any atom is 0.416 e. The molecule has 0 bridgehead atoms. The van der Waals surface area contributed by atoms with E-state index in [1.165, 1.54) is 17.0 Å². The molecule has 0 radical (unpaired) electrons. The molecule has 0 aromatic heterocycles. The predicted octanol–water partition coefficient (Wildman–Crippen LogP) is 4.00. The SMILES string of the molecule is CC(C)(C)OC(=O)N1C[C@@H](c2ccc(C(F)(F)F)cc2)C[C@@H]1C=O. The lowest BCUT2D eigenvalue weighted by molar-refractivity contribution is -0.137. The van der Waals surface area contributed by atoms with Crippen LogP contribution in [0.15, 0.2) is 24.3 Å². The minimum absolute atomic E-state index is 0.199. The molecule has 0 N–H and O–H groups in total. The highest BCUT2D eigenvalue weighted by Crippen LogP contribution is 2.34. The third-order valence-corrected chi connectivity index (χ3v) is 3.84. The van der Waals surface area contributed by atoms with Gasteiger partial charge in [-0.25, -0.2) is 4.79 Å². The van der Waals surface area contributed by atoms with E-state index in [0.29, 0.717) is 18.3 Å². The summed E-state index contributed by atoms with van der Waals surface area (Å²) in [7, 11) is 0. The molecule has 1 amide bonds. The maximum absolute atomic E-state index is 12.6. The zero-order valence-corrected chi connectivity index (χ0v) is 13.8. The Labute approximate surface area is 138 Å². The number of hydrogen-bond donors (Lipinski definition) is 0.